The number of ether oxygens (including phenoxy) is 6. The number of ketones is 1. The molecule has 0 aromatic rings. The minimum absolute atomic E-state index is 0.00585. The van der Waals surface area contributed by atoms with Crippen molar-refractivity contribution in [2.24, 2.45) is 51.0 Å². The van der Waals surface area contributed by atoms with E-state index in [-0.39, 0.29) is 91.2 Å². The average molecular weight is 1120 g/mol. The molecule has 12 atom stereocenters. The van der Waals surface area contributed by atoms with E-state index < -0.39 is 102 Å². The number of carbonyl (C=O) groups excluding carboxylic acids is 6. The Kier molecular flexibility index (Phi) is 21.3. The zero-order valence-electron chi connectivity index (χ0n) is 50.8. The molecular weight excluding hydrogens is 1020 g/mol. The van der Waals surface area contributed by atoms with Gasteiger partial charge in [-0.1, -0.05) is 88.3 Å². The summed E-state index contributed by atoms with van der Waals surface area (Å²) in [6, 6.07) is -3.79. The number of β-amino-alcohol motifs (C(OH)–C–C–N with tert-alkyl or cyclic N) is 1. The molecule has 5 aliphatic rings. The Bertz CT molecular complexity index is 2180. The Morgan fingerprint density at radius 1 is 0.734 bits per heavy atom. The van der Waals surface area contributed by atoms with Gasteiger partial charge in [-0.2, -0.15) is 4.91 Å². The van der Waals surface area contributed by atoms with Gasteiger partial charge >= 0.3 is 12.2 Å². The quantitative estimate of drug-likeness (QED) is 0.0710. The topological polar surface area (TPSA) is 271 Å². The van der Waals surface area contributed by atoms with Crippen LogP contribution in [-0.2, 0) is 47.6 Å². The minimum atomic E-state index is -1.96. The number of amides is 5. The van der Waals surface area contributed by atoms with Crippen LogP contribution in [0.25, 0.3) is 0 Å². The zero-order valence-corrected chi connectivity index (χ0v) is 50.8. The largest absolute Gasteiger partial charge is 0.466 e. The monoisotopic (exact) mass is 1120 g/mol. The molecule has 3 heterocycles. The van der Waals surface area contributed by atoms with Crippen molar-refractivity contribution in [3.05, 3.63) is 16.7 Å². The highest BCUT2D eigenvalue weighted by molar-refractivity contribution is 5.90. The van der Waals surface area contributed by atoms with Crippen LogP contribution in [0.15, 0.2) is 17.0 Å². The fourth-order valence-electron chi connectivity index (χ4n) is 11.3. The summed E-state index contributed by atoms with van der Waals surface area (Å²) in [5.41, 5.74) is -4.44. The van der Waals surface area contributed by atoms with E-state index in [4.69, 9.17) is 28.4 Å². The van der Waals surface area contributed by atoms with E-state index in [2.05, 4.69) is 31.8 Å². The van der Waals surface area contributed by atoms with E-state index in [1.165, 1.54) is 4.90 Å². The normalized spacial score (nSPS) is 30.6. The van der Waals surface area contributed by atoms with Gasteiger partial charge in [0.15, 0.2) is 11.9 Å². The summed E-state index contributed by atoms with van der Waals surface area (Å²) in [5, 5.41) is 30.9. The molecule has 0 bridgehead atoms. The molecule has 0 spiro atoms. The van der Waals surface area contributed by atoms with Crippen molar-refractivity contribution < 1.29 is 62.3 Å². The molecule has 21 nitrogen and oxygen atoms in total. The molecule has 79 heavy (non-hydrogen) atoms. The number of alkyl carbamates (subject to hydrolysis) is 2. The van der Waals surface area contributed by atoms with Gasteiger partial charge < -0.3 is 65.0 Å². The summed E-state index contributed by atoms with van der Waals surface area (Å²) >= 11 is 0. The number of likely N-dealkylation sites (tertiary alicyclic amines) is 1. The molecule has 0 aromatic heterocycles. The third-order valence-electron chi connectivity index (χ3n) is 15.0. The Morgan fingerprint density at radius 2 is 1.28 bits per heavy atom. The fraction of sp³-hybridized carbons (Fsp3) is 0.862. The fourth-order valence-corrected chi connectivity index (χ4v) is 11.3. The molecular formula is C58H99N7O14. The summed E-state index contributed by atoms with van der Waals surface area (Å²) < 4.78 is 38.2. The summed E-state index contributed by atoms with van der Waals surface area (Å²) in [4.78, 5) is 95.9. The lowest BCUT2D eigenvalue weighted by molar-refractivity contribution is -0.261. The van der Waals surface area contributed by atoms with Crippen LogP contribution in [0, 0.1) is 50.7 Å². The van der Waals surface area contributed by atoms with Crippen LogP contribution in [0.1, 0.15) is 170 Å². The van der Waals surface area contributed by atoms with Gasteiger partial charge in [-0.3, -0.25) is 19.2 Å². The summed E-state index contributed by atoms with van der Waals surface area (Å²) in [7, 11) is 0. The Hall–Kier alpha value is -4.44. The van der Waals surface area contributed by atoms with E-state index in [1.807, 2.05) is 110 Å². The van der Waals surface area contributed by atoms with Crippen LogP contribution in [-0.4, -0.2) is 150 Å². The number of carbonyl (C=O) groups is 6. The zero-order chi connectivity index (χ0) is 59.4. The van der Waals surface area contributed by atoms with Gasteiger partial charge in [-0.05, 0) is 108 Å². The van der Waals surface area contributed by atoms with Crippen molar-refractivity contribution in [3.63, 3.8) is 0 Å². The van der Waals surface area contributed by atoms with Gasteiger partial charge in [0.05, 0.1) is 56.6 Å². The maximum absolute atomic E-state index is 14.4. The maximum Gasteiger partial charge on any atom is 0.407 e. The van der Waals surface area contributed by atoms with Crippen LogP contribution in [0.4, 0.5) is 9.59 Å². The molecule has 4 fully saturated rings. The Labute approximate surface area is 469 Å². The molecule has 450 valence electrons. The first kappa shape index (κ1) is 65.4. The lowest BCUT2D eigenvalue weighted by atomic mass is 9.72. The molecule has 3 aliphatic heterocycles. The molecule has 6 N–H and O–H groups in total. The van der Waals surface area contributed by atoms with Gasteiger partial charge in [0.1, 0.15) is 28.8 Å². The smallest absolute Gasteiger partial charge is 0.407 e. The molecule has 0 aromatic carbocycles. The minimum Gasteiger partial charge on any atom is -0.466 e. The van der Waals surface area contributed by atoms with Crippen LogP contribution < -0.4 is 26.6 Å². The van der Waals surface area contributed by atoms with Crippen molar-refractivity contribution in [1.29, 1.82) is 0 Å². The number of hydrogen-bond donors (Lipinski definition) is 6. The maximum atomic E-state index is 14.4. The van der Waals surface area contributed by atoms with Crippen LogP contribution in [0.2, 0.25) is 0 Å². The molecule has 2 saturated carbocycles. The van der Waals surface area contributed by atoms with E-state index in [9.17, 15) is 38.8 Å². The van der Waals surface area contributed by atoms with Gasteiger partial charge in [0.2, 0.25) is 18.1 Å². The van der Waals surface area contributed by atoms with Gasteiger partial charge in [-0.25, -0.2) is 9.59 Å². The Balaban J connectivity index is 1.47. The van der Waals surface area contributed by atoms with E-state index in [1.54, 1.807) is 20.8 Å². The second kappa shape index (κ2) is 25.8. The van der Waals surface area contributed by atoms with E-state index in [0.717, 1.165) is 12.8 Å². The van der Waals surface area contributed by atoms with Gasteiger partial charge in [-0.15, -0.1) is 0 Å². The first-order valence-electron chi connectivity index (χ1n) is 28.7. The number of nitrogens with one attached hydrogen (secondary N) is 5. The number of aliphatic hydroxyl groups is 1. The van der Waals surface area contributed by atoms with Crippen molar-refractivity contribution >= 4 is 35.7 Å². The predicted octanol–water partition coefficient (Wildman–Crippen LogP) is 7.01. The number of nitroso groups, excluding NO2 is 1. The molecule has 0 radical (unpaired) electrons. The lowest BCUT2D eigenvalue weighted by Gasteiger charge is -2.51. The van der Waals surface area contributed by atoms with Gasteiger partial charge in [0.25, 0.3) is 5.91 Å². The standard InChI is InChI=1S/C58H99N7O14/c1-32-29-74-49(45(64-73)44(32)33(2)41(66)24-53(4,5)6)77-46-34(3)47(40(63-52(71)79-57(16,17)18)23-39(46)62-50(69)58(72)30-65(31-58)43(68)26-55(10,11)12)76-48-38(61-42(67)25-54(7,8)9)20-19-37(75-48)28-59-27-35-21-36(22-35)60-51(70)78-56(13,14)15/h19,32-36,38-40,44-49,59,72H,20-31H2,1-18H3,(H,60,70)(H,61,67)(H,62,69)(H,63,71)/t32-,33?,34-,35?,36?,38-,39?,40?,44-,45?,46-,47+,48-,49?/m1/s1. The van der Waals surface area contributed by atoms with Crippen LogP contribution in [0.3, 0.4) is 0 Å². The van der Waals surface area contributed by atoms with Crippen molar-refractivity contribution in [3.8, 4) is 0 Å². The molecule has 5 amide bonds. The van der Waals surface area contributed by atoms with E-state index in [0.29, 0.717) is 31.2 Å². The second-order valence-corrected chi connectivity index (χ2v) is 29.1. The molecule has 2 aliphatic carbocycles. The van der Waals surface area contributed by atoms with Crippen LogP contribution >= 0.6 is 0 Å². The summed E-state index contributed by atoms with van der Waals surface area (Å²) in [6.45, 7) is 34.4. The highest BCUT2D eigenvalue weighted by Crippen LogP contribution is 2.41. The third-order valence-corrected chi connectivity index (χ3v) is 15.0. The van der Waals surface area contributed by atoms with Crippen molar-refractivity contribution in [2.45, 2.75) is 241 Å². The molecule has 21 heteroatoms. The first-order chi connectivity index (χ1) is 36.2. The first-order valence-corrected chi connectivity index (χ1v) is 28.7. The second-order valence-electron chi connectivity index (χ2n) is 29.1. The number of hydrogen-bond acceptors (Lipinski definition) is 16. The highest BCUT2D eigenvalue weighted by atomic mass is 16.7. The lowest BCUT2D eigenvalue weighted by Crippen LogP contribution is -2.72. The number of Topliss-reactive ketones (excluding diaryl/α,β-unsaturated/α-hetero) is 1. The number of nitrogens with zero attached hydrogens (tertiary/aromatic N) is 2. The molecule has 5 unspecified atom stereocenters. The van der Waals surface area contributed by atoms with E-state index >= 15 is 0 Å². The third kappa shape index (κ3) is 19.6. The predicted molar refractivity (Wildman–Crippen MR) is 297 cm³/mol. The highest BCUT2D eigenvalue weighted by Gasteiger charge is 2.55. The molecule has 2 saturated heterocycles. The summed E-state index contributed by atoms with van der Waals surface area (Å²) in [5.74, 6) is -2.56. The number of rotatable bonds is 19. The Morgan fingerprint density at radius 3 is 1.82 bits per heavy atom. The van der Waals surface area contributed by atoms with Crippen molar-refractivity contribution in [2.75, 3.05) is 32.8 Å². The van der Waals surface area contributed by atoms with Crippen LogP contribution in [0.5, 0.6) is 0 Å². The van der Waals surface area contributed by atoms with Gasteiger partial charge in [0, 0.05) is 43.1 Å². The molecule has 5 rings (SSSR count). The SMILES string of the molecule is CC(C(=O)CC(C)(C)C)[C@@H]1C(N=O)C(O[C@H]2C(NC(=O)C3(O)CN(C(=O)CC(C)(C)C)C3)CC(NC(=O)OC(C)(C)C)[C@@H](O[C@H]3OC(CNCC4CC(NC(=O)OC(C)(C)C)C4)=CC[C@H]3NC(=O)CC(C)(C)C)[C@@H]2C)OC[C@H]1C. The average Bonchev–Trinajstić information content (AvgIpc) is 3.24. The van der Waals surface area contributed by atoms with Crippen molar-refractivity contribution in [1.82, 2.24) is 31.5 Å². The summed E-state index contributed by atoms with van der Waals surface area (Å²) in [6.07, 6.45) is -1.29.